The molecule has 0 spiro atoms. The van der Waals surface area contributed by atoms with Crippen molar-refractivity contribution in [1.82, 2.24) is 0 Å². The van der Waals surface area contributed by atoms with Gasteiger partial charge in [-0.3, -0.25) is 0 Å². The molecule has 0 N–H and O–H groups in total. The quantitative estimate of drug-likeness (QED) is 0.668. The summed E-state index contributed by atoms with van der Waals surface area (Å²) in [5.41, 5.74) is 0.239. The zero-order chi connectivity index (χ0) is 12.3. The van der Waals surface area contributed by atoms with Crippen molar-refractivity contribution in [2.45, 2.75) is 27.2 Å². The van der Waals surface area contributed by atoms with E-state index >= 15 is 0 Å². The topological polar surface area (TPSA) is 9.23 Å². The summed E-state index contributed by atoms with van der Waals surface area (Å²) in [6, 6.07) is 3.24. The van der Waals surface area contributed by atoms with E-state index in [-0.39, 0.29) is 5.41 Å². The molecule has 90 valence electrons. The summed E-state index contributed by atoms with van der Waals surface area (Å²) in [6.45, 7) is 7.09. The van der Waals surface area contributed by atoms with Gasteiger partial charge in [0.05, 0.1) is 21.7 Å². The highest BCUT2D eigenvalue weighted by atomic mass is 35.5. The van der Waals surface area contributed by atoms with E-state index < -0.39 is 0 Å². The summed E-state index contributed by atoms with van der Waals surface area (Å²) in [5, 5.41) is 1.38. The first-order valence-corrected chi connectivity index (χ1v) is 6.20. The Labute approximate surface area is 112 Å². The van der Waals surface area contributed by atoms with Gasteiger partial charge in [0.15, 0.2) is 0 Å². The van der Waals surface area contributed by atoms with Crippen molar-refractivity contribution in [2.24, 2.45) is 5.41 Å². The smallest absolute Gasteiger partial charge is 0.139 e. The minimum absolute atomic E-state index is 0.239. The highest BCUT2D eigenvalue weighted by molar-refractivity contribution is 6.43. The maximum absolute atomic E-state index is 5.98. The number of ether oxygens (including phenoxy) is 1. The fraction of sp³-hybridized carbons (Fsp3) is 0.500. The second-order valence-corrected chi connectivity index (χ2v) is 6.08. The van der Waals surface area contributed by atoms with E-state index in [2.05, 4.69) is 20.8 Å². The van der Waals surface area contributed by atoms with Crippen LogP contribution in [-0.4, -0.2) is 6.61 Å². The van der Waals surface area contributed by atoms with Crippen molar-refractivity contribution >= 4 is 34.8 Å². The van der Waals surface area contributed by atoms with Crippen LogP contribution in [0.25, 0.3) is 0 Å². The zero-order valence-corrected chi connectivity index (χ0v) is 11.9. The summed E-state index contributed by atoms with van der Waals surface area (Å²) < 4.78 is 5.57. The first kappa shape index (κ1) is 14.0. The fourth-order valence-electron chi connectivity index (χ4n) is 1.08. The molecule has 0 aliphatic carbocycles. The Morgan fingerprint density at radius 1 is 1.00 bits per heavy atom. The lowest BCUT2D eigenvalue weighted by atomic mass is 9.93. The Kier molecular flexibility index (Phi) is 4.78. The van der Waals surface area contributed by atoms with Crippen LogP contribution < -0.4 is 4.74 Å². The van der Waals surface area contributed by atoms with Gasteiger partial charge in [0.1, 0.15) is 5.75 Å². The predicted octanol–water partition coefficient (Wildman–Crippen LogP) is 5.46. The van der Waals surface area contributed by atoms with Gasteiger partial charge in [-0.05, 0) is 17.9 Å². The van der Waals surface area contributed by atoms with E-state index in [1.165, 1.54) is 0 Å². The van der Waals surface area contributed by atoms with Crippen molar-refractivity contribution in [3.63, 3.8) is 0 Å². The highest BCUT2D eigenvalue weighted by Gasteiger charge is 2.12. The minimum Gasteiger partial charge on any atom is -0.492 e. The maximum Gasteiger partial charge on any atom is 0.139 e. The van der Waals surface area contributed by atoms with Crippen LogP contribution in [0.3, 0.4) is 0 Å². The highest BCUT2D eigenvalue weighted by Crippen LogP contribution is 2.34. The molecule has 0 aliphatic heterocycles. The van der Waals surface area contributed by atoms with E-state index in [1.54, 1.807) is 12.1 Å². The van der Waals surface area contributed by atoms with E-state index in [0.717, 1.165) is 6.42 Å². The molecule has 1 nitrogen and oxygen atoms in total. The minimum atomic E-state index is 0.239. The molecule has 0 radical (unpaired) electrons. The number of benzene rings is 1. The molecule has 0 unspecified atom stereocenters. The van der Waals surface area contributed by atoms with Gasteiger partial charge in [-0.2, -0.15) is 0 Å². The molecule has 1 aromatic carbocycles. The van der Waals surface area contributed by atoms with E-state index in [4.69, 9.17) is 39.5 Å². The van der Waals surface area contributed by atoms with E-state index in [9.17, 15) is 0 Å². The normalized spacial score (nSPS) is 11.6. The van der Waals surface area contributed by atoms with Crippen molar-refractivity contribution in [2.75, 3.05) is 6.61 Å². The van der Waals surface area contributed by atoms with E-state index in [0.29, 0.717) is 27.4 Å². The molecule has 0 aliphatic rings. The molecule has 0 aromatic heterocycles. The first-order valence-electron chi connectivity index (χ1n) is 5.07. The van der Waals surface area contributed by atoms with Gasteiger partial charge in [0.2, 0.25) is 0 Å². The van der Waals surface area contributed by atoms with Gasteiger partial charge < -0.3 is 4.74 Å². The van der Waals surface area contributed by atoms with Gasteiger partial charge in [0.25, 0.3) is 0 Å². The Hall–Kier alpha value is -0.110. The summed E-state index contributed by atoms with van der Waals surface area (Å²) >= 11 is 17.7. The molecule has 0 fully saturated rings. The molecule has 1 rings (SSSR count). The Morgan fingerprint density at radius 2 is 1.56 bits per heavy atom. The largest absolute Gasteiger partial charge is 0.492 e. The molecule has 0 atom stereocenters. The Balaban J connectivity index is 2.64. The number of halogens is 3. The second kappa shape index (κ2) is 5.48. The predicted molar refractivity (Wildman–Crippen MR) is 71.0 cm³/mol. The molecular weight excluding hydrogens is 266 g/mol. The van der Waals surface area contributed by atoms with Crippen LogP contribution >= 0.6 is 34.8 Å². The molecule has 0 amide bonds. The van der Waals surface area contributed by atoms with Crippen LogP contribution in [0.5, 0.6) is 5.75 Å². The third-order valence-corrected chi connectivity index (χ3v) is 3.10. The van der Waals surface area contributed by atoms with Crippen LogP contribution in [0.1, 0.15) is 27.2 Å². The van der Waals surface area contributed by atoms with Gasteiger partial charge in [-0.1, -0.05) is 55.6 Å². The van der Waals surface area contributed by atoms with Gasteiger partial charge >= 0.3 is 0 Å². The summed E-state index contributed by atoms with van der Waals surface area (Å²) in [7, 11) is 0. The Morgan fingerprint density at radius 3 is 2.12 bits per heavy atom. The molecule has 16 heavy (non-hydrogen) atoms. The zero-order valence-electron chi connectivity index (χ0n) is 9.61. The molecule has 0 saturated carbocycles. The third kappa shape index (κ3) is 4.40. The van der Waals surface area contributed by atoms with Crippen LogP contribution in [-0.2, 0) is 0 Å². The summed E-state index contributed by atoms with van der Waals surface area (Å²) in [5.74, 6) is 0.584. The molecular formula is C12H15Cl3O. The van der Waals surface area contributed by atoms with Crippen LogP contribution in [0, 0.1) is 5.41 Å². The standard InChI is InChI=1S/C12H15Cl3O/c1-12(2,3)4-5-16-11-7-9(14)8(13)6-10(11)15/h6-7H,4-5H2,1-3H3. The lowest BCUT2D eigenvalue weighted by molar-refractivity contribution is 0.243. The lowest BCUT2D eigenvalue weighted by Gasteiger charge is -2.18. The van der Waals surface area contributed by atoms with Crippen molar-refractivity contribution in [3.8, 4) is 5.75 Å². The summed E-state index contributed by atoms with van der Waals surface area (Å²) in [6.07, 6.45) is 0.948. The monoisotopic (exact) mass is 280 g/mol. The molecule has 0 heterocycles. The fourth-order valence-corrected chi connectivity index (χ4v) is 1.67. The van der Waals surface area contributed by atoms with Crippen LogP contribution in [0.15, 0.2) is 12.1 Å². The van der Waals surface area contributed by atoms with Gasteiger partial charge in [0, 0.05) is 6.07 Å². The average Bonchev–Trinajstić information content (AvgIpc) is 2.11. The number of hydrogen-bond donors (Lipinski definition) is 0. The van der Waals surface area contributed by atoms with E-state index in [1.807, 2.05) is 0 Å². The molecule has 0 bridgehead atoms. The lowest BCUT2D eigenvalue weighted by Crippen LogP contribution is -2.11. The second-order valence-electron chi connectivity index (χ2n) is 4.86. The van der Waals surface area contributed by atoms with Crippen molar-refractivity contribution in [3.05, 3.63) is 27.2 Å². The van der Waals surface area contributed by atoms with Crippen LogP contribution in [0.2, 0.25) is 15.1 Å². The molecule has 1 aromatic rings. The average molecular weight is 282 g/mol. The van der Waals surface area contributed by atoms with Gasteiger partial charge in [-0.15, -0.1) is 0 Å². The summed E-state index contributed by atoms with van der Waals surface area (Å²) in [4.78, 5) is 0. The number of hydrogen-bond acceptors (Lipinski definition) is 1. The van der Waals surface area contributed by atoms with Gasteiger partial charge in [-0.25, -0.2) is 0 Å². The maximum atomic E-state index is 5.98. The van der Waals surface area contributed by atoms with Crippen molar-refractivity contribution < 1.29 is 4.74 Å². The SMILES string of the molecule is CC(C)(C)CCOc1cc(Cl)c(Cl)cc1Cl. The third-order valence-electron chi connectivity index (χ3n) is 2.08. The molecule has 0 saturated heterocycles. The first-order chi connectivity index (χ1) is 7.29. The number of rotatable bonds is 3. The molecule has 4 heteroatoms. The van der Waals surface area contributed by atoms with Crippen molar-refractivity contribution in [1.29, 1.82) is 0 Å². The van der Waals surface area contributed by atoms with Crippen LogP contribution in [0.4, 0.5) is 0 Å². The Bertz CT molecular complexity index is 369.